The molecule has 4 nitrogen and oxygen atoms in total. The number of ether oxygens (including phenoxy) is 1. The zero-order chi connectivity index (χ0) is 13.2. The highest BCUT2D eigenvalue weighted by atomic mass is 16.5. The molecule has 2 aliphatic rings. The molecule has 1 saturated carbocycles. The monoisotopic (exact) mass is 259 g/mol. The second-order valence-electron chi connectivity index (χ2n) is 5.11. The van der Waals surface area contributed by atoms with Gasteiger partial charge in [-0.05, 0) is 5.56 Å². The third-order valence-electron chi connectivity index (χ3n) is 4.02. The predicted molar refractivity (Wildman–Crippen MR) is 69.6 cm³/mol. The van der Waals surface area contributed by atoms with Crippen LogP contribution in [0.2, 0.25) is 0 Å². The fourth-order valence-corrected chi connectivity index (χ4v) is 2.92. The molecule has 2 fully saturated rings. The third-order valence-corrected chi connectivity index (χ3v) is 4.02. The van der Waals surface area contributed by atoms with E-state index >= 15 is 0 Å². The van der Waals surface area contributed by atoms with Crippen LogP contribution in [0.1, 0.15) is 11.5 Å². The summed E-state index contributed by atoms with van der Waals surface area (Å²) in [5, 5.41) is 0. The van der Waals surface area contributed by atoms with Crippen LogP contribution in [0.5, 0.6) is 0 Å². The lowest BCUT2D eigenvalue weighted by Gasteiger charge is -2.27. The summed E-state index contributed by atoms with van der Waals surface area (Å²) in [4.78, 5) is 25.4. The molecule has 1 aliphatic heterocycles. The Kier molecular flexibility index (Phi) is 3.34. The third kappa shape index (κ3) is 2.28. The van der Waals surface area contributed by atoms with Crippen LogP contribution in [0.25, 0.3) is 0 Å². The molecule has 1 aliphatic carbocycles. The number of hydrogen-bond donors (Lipinski definition) is 0. The molecule has 3 atom stereocenters. The van der Waals surface area contributed by atoms with Crippen LogP contribution in [0.4, 0.5) is 0 Å². The smallest absolute Gasteiger partial charge is 0.227 e. The summed E-state index contributed by atoms with van der Waals surface area (Å²) in [6.07, 6.45) is 0.931. The van der Waals surface area contributed by atoms with Crippen molar-refractivity contribution in [2.75, 3.05) is 26.3 Å². The van der Waals surface area contributed by atoms with Crippen molar-refractivity contribution in [3.63, 3.8) is 0 Å². The molecule has 100 valence electrons. The Bertz CT molecular complexity index is 468. The fraction of sp³-hybridized carbons (Fsp3) is 0.467. The van der Waals surface area contributed by atoms with E-state index in [1.54, 1.807) is 0 Å². The van der Waals surface area contributed by atoms with E-state index in [1.165, 1.54) is 0 Å². The molecule has 0 unspecified atom stereocenters. The Morgan fingerprint density at radius 1 is 1.21 bits per heavy atom. The number of carbonyl (C=O) groups excluding carboxylic acids is 2. The maximum Gasteiger partial charge on any atom is 0.227 e. The van der Waals surface area contributed by atoms with Gasteiger partial charge in [-0.3, -0.25) is 4.79 Å². The standard InChI is InChI=1S/C15H17NO3/c17-10-12-13(11-4-2-1-3-5-11)14(12)15(18)16-6-8-19-9-7-16/h1-5,10,12-14H,6-9H2/t12-,13+,14-/m0/s1. The van der Waals surface area contributed by atoms with Crippen molar-refractivity contribution in [2.24, 2.45) is 11.8 Å². The lowest BCUT2D eigenvalue weighted by Crippen LogP contribution is -2.42. The van der Waals surface area contributed by atoms with Crippen LogP contribution in [-0.4, -0.2) is 43.4 Å². The minimum absolute atomic E-state index is 0.0639. The van der Waals surface area contributed by atoms with Gasteiger partial charge in [0.25, 0.3) is 0 Å². The number of benzene rings is 1. The minimum atomic E-state index is -0.169. The molecule has 0 radical (unpaired) electrons. The Labute approximate surface area is 112 Å². The van der Waals surface area contributed by atoms with E-state index in [-0.39, 0.29) is 23.7 Å². The zero-order valence-electron chi connectivity index (χ0n) is 10.7. The van der Waals surface area contributed by atoms with Gasteiger partial charge in [-0.2, -0.15) is 0 Å². The molecule has 0 aromatic heterocycles. The topological polar surface area (TPSA) is 46.6 Å². The Morgan fingerprint density at radius 2 is 1.89 bits per heavy atom. The summed E-state index contributed by atoms with van der Waals surface area (Å²) in [6, 6.07) is 9.83. The van der Waals surface area contributed by atoms with E-state index in [2.05, 4.69) is 0 Å². The summed E-state index contributed by atoms with van der Waals surface area (Å²) in [6.45, 7) is 2.48. The predicted octanol–water partition coefficient (Wildman–Crippen LogP) is 1.07. The van der Waals surface area contributed by atoms with Gasteiger partial charge in [0, 0.05) is 24.9 Å². The molecule has 1 heterocycles. The van der Waals surface area contributed by atoms with E-state index in [9.17, 15) is 9.59 Å². The molecule has 1 aromatic rings. The first kappa shape index (κ1) is 12.4. The van der Waals surface area contributed by atoms with Crippen LogP contribution >= 0.6 is 0 Å². The highest BCUT2D eigenvalue weighted by Crippen LogP contribution is 2.53. The van der Waals surface area contributed by atoms with Crippen LogP contribution in [0.15, 0.2) is 30.3 Å². The van der Waals surface area contributed by atoms with Crippen molar-refractivity contribution >= 4 is 12.2 Å². The first-order chi connectivity index (χ1) is 9.33. The second-order valence-corrected chi connectivity index (χ2v) is 5.11. The van der Waals surface area contributed by atoms with Crippen molar-refractivity contribution in [2.45, 2.75) is 5.92 Å². The number of morpholine rings is 1. The van der Waals surface area contributed by atoms with Crippen molar-refractivity contribution in [3.8, 4) is 0 Å². The molecule has 0 bridgehead atoms. The first-order valence-corrected chi connectivity index (χ1v) is 6.69. The van der Waals surface area contributed by atoms with E-state index in [0.717, 1.165) is 11.8 Å². The molecule has 4 heteroatoms. The average Bonchev–Trinajstić information content (AvgIpc) is 3.22. The van der Waals surface area contributed by atoms with Gasteiger partial charge in [-0.1, -0.05) is 30.3 Å². The average molecular weight is 259 g/mol. The molecular weight excluding hydrogens is 242 g/mol. The maximum atomic E-state index is 12.4. The molecule has 1 amide bonds. The lowest BCUT2D eigenvalue weighted by molar-refractivity contribution is -0.137. The van der Waals surface area contributed by atoms with Gasteiger partial charge in [0.05, 0.1) is 19.1 Å². The van der Waals surface area contributed by atoms with Gasteiger partial charge in [0.2, 0.25) is 5.91 Å². The molecule has 3 rings (SSSR count). The van der Waals surface area contributed by atoms with Gasteiger partial charge in [-0.25, -0.2) is 0 Å². The number of carbonyl (C=O) groups is 2. The lowest BCUT2D eigenvalue weighted by atomic mass is 10.1. The van der Waals surface area contributed by atoms with Gasteiger partial charge < -0.3 is 14.4 Å². The Balaban J connectivity index is 1.74. The van der Waals surface area contributed by atoms with E-state index in [1.807, 2.05) is 35.2 Å². The second kappa shape index (κ2) is 5.13. The van der Waals surface area contributed by atoms with E-state index in [0.29, 0.717) is 26.3 Å². The van der Waals surface area contributed by atoms with Gasteiger partial charge in [0.15, 0.2) is 0 Å². The maximum absolute atomic E-state index is 12.4. The number of amides is 1. The summed E-state index contributed by atoms with van der Waals surface area (Å²) < 4.78 is 5.25. The molecule has 1 aromatic carbocycles. The molecule has 0 N–H and O–H groups in total. The van der Waals surface area contributed by atoms with Crippen LogP contribution < -0.4 is 0 Å². The van der Waals surface area contributed by atoms with Crippen LogP contribution in [-0.2, 0) is 14.3 Å². The van der Waals surface area contributed by atoms with Crippen molar-refractivity contribution in [3.05, 3.63) is 35.9 Å². The Hall–Kier alpha value is -1.68. The number of rotatable bonds is 3. The van der Waals surface area contributed by atoms with Crippen LogP contribution in [0, 0.1) is 11.8 Å². The van der Waals surface area contributed by atoms with E-state index in [4.69, 9.17) is 4.74 Å². The van der Waals surface area contributed by atoms with Crippen molar-refractivity contribution in [1.29, 1.82) is 0 Å². The Morgan fingerprint density at radius 3 is 2.53 bits per heavy atom. The van der Waals surface area contributed by atoms with Crippen molar-refractivity contribution < 1.29 is 14.3 Å². The fourth-order valence-electron chi connectivity index (χ4n) is 2.92. The van der Waals surface area contributed by atoms with Crippen molar-refractivity contribution in [1.82, 2.24) is 4.90 Å². The molecule has 0 spiro atoms. The SMILES string of the molecule is O=C[C@@H]1[C@H](C(=O)N2CCOCC2)[C@@H]1c1ccccc1. The summed E-state index contributed by atoms with van der Waals surface area (Å²) >= 11 is 0. The zero-order valence-corrected chi connectivity index (χ0v) is 10.7. The van der Waals surface area contributed by atoms with Gasteiger partial charge in [-0.15, -0.1) is 0 Å². The van der Waals surface area contributed by atoms with Gasteiger partial charge >= 0.3 is 0 Å². The largest absolute Gasteiger partial charge is 0.378 e. The first-order valence-electron chi connectivity index (χ1n) is 6.69. The normalized spacial score (nSPS) is 29.9. The highest BCUT2D eigenvalue weighted by molar-refractivity contribution is 5.89. The van der Waals surface area contributed by atoms with E-state index < -0.39 is 0 Å². The molecule has 1 saturated heterocycles. The van der Waals surface area contributed by atoms with Crippen LogP contribution in [0.3, 0.4) is 0 Å². The summed E-state index contributed by atoms with van der Waals surface area (Å²) in [5.74, 6) is -0.154. The number of hydrogen-bond acceptors (Lipinski definition) is 3. The minimum Gasteiger partial charge on any atom is -0.378 e. The number of aldehydes is 1. The molecular formula is C15H17NO3. The summed E-state index contributed by atoms with van der Waals surface area (Å²) in [5.41, 5.74) is 1.09. The number of nitrogens with zero attached hydrogens (tertiary/aromatic N) is 1. The molecule has 19 heavy (non-hydrogen) atoms. The van der Waals surface area contributed by atoms with Gasteiger partial charge in [0.1, 0.15) is 6.29 Å². The summed E-state index contributed by atoms with van der Waals surface area (Å²) in [7, 11) is 0. The quantitative estimate of drug-likeness (QED) is 0.763. The highest BCUT2D eigenvalue weighted by Gasteiger charge is 2.56.